The van der Waals surface area contributed by atoms with Crippen molar-refractivity contribution in [3.05, 3.63) is 70.0 Å². The minimum absolute atomic E-state index is 0.0334. The molecule has 2 aromatic carbocycles. The highest BCUT2D eigenvalue weighted by Crippen LogP contribution is 2.20. The molecule has 0 aliphatic heterocycles. The molecular weight excluding hydrogens is 394 g/mol. The maximum atomic E-state index is 12.8. The van der Waals surface area contributed by atoms with E-state index in [1.54, 1.807) is 10.6 Å². The van der Waals surface area contributed by atoms with Crippen LogP contribution in [-0.2, 0) is 11.2 Å². The number of carbonyl (C=O) groups excluding carboxylic acids is 1. The average Bonchev–Trinajstić information content (AvgIpc) is 2.72. The second-order valence-corrected chi connectivity index (χ2v) is 8.91. The highest BCUT2D eigenvalue weighted by molar-refractivity contribution is 7.99. The molecule has 158 valence electrons. The van der Waals surface area contributed by atoms with Gasteiger partial charge in [0.1, 0.15) is 0 Å². The van der Waals surface area contributed by atoms with Crippen molar-refractivity contribution in [3.8, 4) is 0 Å². The van der Waals surface area contributed by atoms with Crippen LogP contribution in [0.3, 0.4) is 0 Å². The van der Waals surface area contributed by atoms with E-state index in [0.717, 1.165) is 6.42 Å². The number of para-hydroxylation sites is 1. The van der Waals surface area contributed by atoms with Crippen LogP contribution in [0, 0.1) is 0 Å². The predicted molar refractivity (Wildman–Crippen MR) is 124 cm³/mol. The molecule has 0 radical (unpaired) electrons. The molecule has 1 aromatic heterocycles. The molecule has 0 aliphatic rings. The third-order valence-corrected chi connectivity index (χ3v) is 5.96. The zero-order valence-corrected chi connectivity index (χ0v) is 18.8. The van der Waals surface area contributed by atoms with E-state index < -0.39 is 0 Å². The van der Waals surface area contributed by atoms with Crippen LogP contribution in [0.25, 0.3) is 10.9 Å². The largest absolute Gasteiger partial charge is 0.355 e. The van der Waals surface area contributed by atoms with Crippen LogP contribution in [0.1, 0.15) is 50.8 Å². The number of hydrogen-bond acceptors (Lipinski definition) is 4. The summed E-state index contributed by atoms with van der Waals surface area (Å²) in [6, 6.07) is 15.8. The van der Waals surface area contributed by atoms with Gasteiger partial charge in [0.15, 0.2) is 5.16 Å². The van der Waals surface area contributed by atoms with Gasteiger partial charge >= 0.3 is 0 Å². The molecule has 1 heterocycles. The summed E-state index contributed by atoms with van der Waals surface area (Å²) in [6.07, 6.45) is 0.791. The van der Waals surface area contributed by atoms with Crippen molar-refractivity contribution in [1.82, 2.24) is 14.9 Å². The molecule has 0 aliphatic carbocycles. The van der Waals surface area contributed by atoms with Crippen LogP contribution in [0.5, 0.6) is 0 Å². The van der Waals surface area contributed by atoms with Crippen LogP contribution in [0.2, 0.25) is 0 Å². The van der Waals surface area contributed by atoms with Gasteiger partial charge in [-0.2, -0.15) is 0 Å². The number of nitrogens with one attached hydrogen (secondary N) is 1. The summed E-state index contributed by atoms with van der Waals surface area (Å²) >= 11 is 1.30. The molecule has 0 unspecified atom stereocenters. The SMILES string of the molecule is CC(C)c1ccc(CCNC(=O)CSc2nc3ccccc3c(=O)n2C(C)C)cc1. The van der Waals surface area contributed by atoms with Gasteiger partial charge in [-0.25, -0.2) is 4.98 Å². The Hall–Kier alpha value is -2.60. The lowest BCUT2D eigenvalue weighted by atomic mass is 10.0. The van der Waals surface area contributed by atoms with E-state index in [4.69, 9.17) is 0 Å². The molecule has 30 heavy (non-hydrogen) atoms. The maximum Gasteiger partial charge on any atom is 0.262 e. The van der Waals surface area contributed by atoms with Gasteiger partial charge in [-0.15, -0.1) is 0 Å². The first kappa shape index (κ1) is 22.1. The topological polar surface area (TPSA) is 64.0 Å². The first-order valence-electron chi connectivity index (χ1n) is 10.4. The summed E-state index contributed by atoms with van der Waals surface area (Å²) in [7, 11) is 0. The van der Waals surface area contributed by atoms with Gasteiger partial charge in [-0.3, -0.25) is 14.2 Å². The van der Waals surface area contributed by atoms with E-state index in [1.807, 2.05) is 32.0 Å². The van der Waals surface area contributed by atoms with E-state index in [9.17, 15) is 9.59 Å². The van der Waals surface area contributed by atoms with E-state index in [1.165, 1.54) is 22.9 Å². The van der Waals surface area contributed by atoms with Crippen LogP contribution in [0.15, 0.2) is 58.5 Å². The molecule has 3 rings (SSSR count). The molecule has 0 bridgehead atoms. The molecule has 3 aromatic rings. The smallest absolute Gasteiger partial charge is 0.262 e. The monoisotopic (exact) mass is 423 g/mol. The van der Waals surface area contributed by atoms with Crippen molar-refractivity contribution >= 4 is 28.6 Å². The zero-order chi connectivity index (χ0) is 21.7. The number of hydrogen-bond donors (Lipinski definition) is 1. The lowest BCUT2D eigenvalue weighted by molar-refractivity contribution is -0.118. The summed E-state index contributed by atoms with van der Waals surface area (Å²) < 4.78 is 1.66. The second kappa shape index (κ2) is 9.94. The molecule has 0 spiro atoms. The second-order valence-electron chi connectivity index (χ2n) is 7.97. The van der Waals surface area contributed by atoms with E-state index in [-0.39, 0.29) is 23.3 Å². The third-order valence-electron chi connectivity index (χ3n) is 5.01. The van der Waals surface area contributed by atoms with Gasteiger partial charge < -0.3 is 5.32 Å². The highest BCUT2D eigenvalue weighted by atomic mass is 32.2. The fourth-order valence-electron chi connectivity index (χ4n) is 3.28. The first-order valence-corrected chi connectivity index (χ1v) is 11.3. The minimum atomic E-state index is -0.0663. The number of amides is 1. The fraction of sp³-hybridized carbons (Fsp3) is 0.375. The lowest BCUT2D eigenvalue weighted by Gasteiger charge is -2.16. The number of fused-ring (bicyclic) bond motifs is 1. The maximum absolute atomic E-state index is 12.8. The Labute approximate surface area is 181 Å². The Morgan fingerprint density at radius 3 is 2.43 bits per heavy atom. The summed E-state index contributed by atoms with van der Waals surface area (Å²) in [4.78, 5) is 29.8. The fourth-order valence-corrected chi connectivity index (χ4v) is 4.24. The predicted octanol–water partition coefficient (Wildman–Crippen LogP) is 4.55. The van der Waals surface area contributed by atoms with Gasteiger partial charge in [0.05, 0.1) is 16.7 Å². The van der Waals surface area contributed by atoms with Crippen molar-refractivity contribution in [2.24, 2.45) is 0 Å². The highest BCUT2D eigenvalue weighted by Gasteiger charge is 2.15. The minimum Gasteiger partial charge on any atom is -0.355 e. The normalized spacial score (nSPS) is 11.4. The molecule has 0 atom stereocenters. The van der Waals surface area contributed by atoms with Crippen molar-refractivity contribution in [2.75, 3.05) is 12.3 Å². The molecule has 6 heteroatoms. The van der Waals surface area contributed by atoms with Gasteiger partial charge in [0.25, 0.3) is 5.56 Å². The Kier molecular flexibility index (Phi) is 7.32. The van der Waals surface area contributed by atoms with Crippen molar-refractivity contribution < 1.29 is 4.79 Å². The number of carbonyl (C=O) groups is 1. The summed E-state index contributed by atoms with van der Waals surface area (Å²) in [5.41, 5.74) is 3.12. The number of nitrogens with zero attached hydrogens (tertiary/aromatic N) is 2. The van der Waals surface area contributed by atoms with Gasteiger partial charge in [-0.1, -0.05) is 62.0 Å². The number of aromatic nitrogens is 2. The van der Waals surface area contributed by atoms with E-state index in [0.29, 0.717) is 28.5 Å². The van der Waals surface area contributed by atoms with Crippen molar-refractivity contribution in [1.29, 1.82) is 0 Å². The lowest BCUT2D eigenvalue weighted by Crippen LogP contribution is -2.29. The molecular formula is C24H29N3O2S. The Bertz CT molecular complexity index is 1070. The van der Waals surface area contributed by atoms with Gasteiger partial charge in [0, 0.05) is 12.6 Å². The van der Waals surface area contributed by atoms with Crippen LogP contribution < -0.4 is 10.9 Å². The van der Waals surface area contributed by atoms with Crippen molar-refractivity contribution in [3.63, 3.8) is 0 Å². The van der Waals surface area contributed by atoms with Gasteiger partial charge in [0.2, 0.25) is 5.91 Å². The molecule has 0 saturated heterocycles. The quantitative estimate of drug-likeness (QED) is 0.426. The number of rotatable bonds is 8. The third kappa shape index (κ3) is 5.30. The Morgan fingerprint density at radius 2 is 1.77 bits per heavy atom. The number of benzene rings is 2. The summed E-state index contributed by atoms with van der Waals surface area (Å²) in [5, 5.41) is 4.14. The molecule has 0 saturated carbocycles. The molecule has 0 fully saturated rings. The Morgan fingerprint density at radius 1 is 1.07 bits per heavy atom. The van der Waals surface area contributed by atoms with Crippen LogP contribution in [-0.4, -0.2) is 27.8 Å². The van der Waals surface area contributed by atoms with Crippen molar-refractivity contribution in [2.45, 2.75) is 51.2 Å². The zero-order valence-electron chi connectivity index (χ0n) is 18.0. The first-order chi connectivity index (χ1) is 14.4. The molecule has 1 N–H and O–H groups in total. The summed E-state index contributed by atoms with van der Waals surface area (Å²) in [6.45, 7) is 8.84. The van der Waals surface area contributed by atoms with Crippen LogP contribution in [0.4, 0.5) is 0 Å². The molecule has 5 nitrogen and oxygen atoms in total. The Balaban J connectivity index is 1.60. The number of thioether (sulfide) groups is 1. The standard InChI is InChI=1S/C24H29N3O2S/c1-16(2)19-11-9-18(10-12-19)13-14-25-22(28)15-30-24-26-21-8-6-5-7-20(21)23(29)27(24)17(3)4/h5-12,16-17H,13-15H2,1-4H3,(H,25,28). The summed E-state index contributed by atoms with van der Waals surface area (Å²) in [5.74, 6) is 0.684. The van der Waals surface area contributed by atoms with E-state index in [2.05, 4.69) is 48.4 Å². The molecule has 1 amide bonds. The van der Waals surface area contributed by atoms with Gasteiger partial charge in [-0.05, 0) is 49.4 Å². The average molecular weight is 424 g/mol. The van der Waals surface area contributed by atoms with E-state index >= 15 is 0 Å². The van der Waals surface area contributed by atoms with Crippen LogP contribution >= 0.6 is 11.8 Å².